The van der Waals surface area contributed by atoms with E-state index in [1.165, 1.54) is 6.08 Å². The summed E-state index contributed by atoms with van der Waals surface area (Å²) in [5, 5.41) is 0. The van der Waals surface area contributed by atoms with Crippen LogP contribution in [0, 0.1) is 0 Å². The summed E-state index contributed by atoms with van der Waals surface area (Å²) >= 11 is 0. The van der Waals surface area contributed by atoms with Crippen LogP contribution in [0.4, 0.5) is 0 Å². The van der Waals surface area contributed by atoms with Gasteiger partial charge in [-0.1, -0.05) is 43.0 Å². The molecule has 0 spiro atoms. The number of nitrogens with zero attached hydrogens (tertiary/aromatic N) is 3. The van der Waals surface area contributed by atoms with Crippen molar-refractivity contribution in [3.05, 3.63) is 78.6 Å². The minimum Gasteiger partial charge on any atom is -0.339 e. The fraction of sp³-hybridized carbons (Fsp3) is 0.286. The standard InChI is InChI=1S/C21H23N3O2/c1-2-20(25)24-13-12-23(21(26)15-18-10-6-7-11-22-18)16-19(24)14-17-8-4-3-5-9-17/h2-11,19H,1,12-16H2/t19-/m0/s1. The van der Waals surface area contributed by atoms with Crippen LogP contribution in [0.3, 0.4) is 0 Å². The van der Waals surface area contributed by atoms with Crippen LogP contribution in [-0.4, -0.2) is 52.3 Å². The summed E-state index contributed by atoms with van der Waals surface area (Å²) < 4.78 is 0. The first-order chi connectivity index (χ1) is 12.7. The van der Waals surface area contributed by atoms with Gasteiger partial charge in [0.1, 0.15) is 0 Å². The van der Waals surface area contributed by atoms with E-state index in [-0.39, 0.29) is 24.3 Å². The van der Waals surface area contributed by atoms with Crippen LogP contribution in [0.2, 0.25) is 0 Å². The zero-order valence-electron chi connectivity index (χ0n) is 14.8. The zero-order valence-corrected chi connectivity index (χ0v) is 14.8. The molecule has 0 saturated carbocycles. The molecular formula is C21H23N3O2. The topological polar surface area (TPSA) is 53.5 Å². The average molecular weight is 349 g/mol. The van der Waals surface area contributed by atoms with Crippen molar-refractivity contribution in [1.82, 2.24) is 14.8 Å². The molecule has 0 unspecified atom stereocenters. The van der Waals surface area contributed by atoms with E-state index < -0.39 is 0 Å². The van der Waals surface area contributed by atoms with Crippen LogP contribution in [0.15, 0.2) is 67.4 Å². The molecule has 0 N–H and O–H groups in total. The van der Waals surface area contributed by atoms with E-state index in [2.05, 4.69) is 11.6 Å². The molecule has 1 fully saturated rings. The van der Waals surface area contributed by atoms with Crippen LogP contribution in [0.1, 0.15) is 11.3 Å². The third-order valence-corrected chi connectivity index (χ3v) is 4.67. The van der Waals surface area contributed by atoms with Gasteiger partial charge in [0.15, 0.2) is 0 Å². The van der Waals surface area contributed by atoms with E-state index in [4.69, 9.17) is 0 Å². The largest absolute Gasteiger partial charge is 0.339 e. The van der Waals surface area contributed by atoms with Crippen molar-refractivity contribution in [3.63, 3.8) is 0 Å². The van der Waals surface area contributed by atoms with Gasteiger partial charge in [0.25, 0.3) is 0 Å². The second kappa shape index (κ2) is 8.43. The van der Waals surface area contributed by atoms with E-state index >= 15 is 0 Å². The molecule has 2 amide bonds. The molecule has 1 aliphatic rings. The number of pyridine rings is 1. The molecule has 26 heavy (non-hydrogen) atoms. The summed E-state index contributed by atoms with van der Waals surface area (Å²) in [6, 6.07) is 15.6. The zero-order chi connectivity index (χ0) is 18.4. The summed E-state index contributed by atoms with van der Waals surface area (Å²) in [5.74, 6) is -0.0322. The second-order valence-corrected chi connectivity index (χ2v) is 6.42. The third-order valence-electron chi connectivity index (χ3n) is 4.67. The molecule has 0 aliphatic carbocycles. The lowest BCUT2D eigenvalue weighted by Gasteiger charge is -2.41. The number of hydrogen-bond donors (Lipinski definition) is 0. The van der Waals surface area contributed by atoms with Crippen molar-refractivity contribution in [3.8, 4) is 0 Å². The number of carbonyl (C=O) groups excluding carboxylic acids is 2. The molecule has 3 rings (SSSR count). The van der Waals surface area contributed by atoms with E-state index in [1.54, 1.807) is 6.20 Å². The highest BCUT2D eigenvalue weighted by Gasteiger charge is 2.31. The number of piperazine rings is 1. The van der Waals surface area contributed by atoms with Gasteiger partial charge in [-0.15, -0.1) is 0 Å². The Morgan fingerprint density at radius 1 is 1.12 bits per heavy atom. The Balaban J connectivity index is 1.71. The Morgan fingerprint density at radius 2 is 1.88 bits per heavy atom. The molecule has 1 atom stereocenters. The van der Waals surface area contributed by atoms with Gasteiger partial charge in [0, 0.05) is 31.5 Å². The highest BCUT2D eigenvalue weighted by Crippen LogP contribution is 2.17. The molecule has 1 saturated heterocycles. The van der Waals surface area contributed by atoms with Crippen molar-refractivity contribution in [1.29, 1.82) is 0 Å². The lowest BCUT2D eigenvalue weighted by molar-refractivity contribution is -0.139. The predicted octanol–water partition coefficient (Wildman–Crippen LogP) is 2.09. The number of carbonyl (C=O) groups is 2. The smallest absolute Gasteiger partial charge is 0.246 e. The van der Waals surface area contributed by atoms with Crippen LogP contribution < -0.4 is 0 Å². The summed E-state index contributed by atoms with van der Waals surface area (Å²) in [5.41, 5.74) is 1.92. The quantitative estimate of drug-likeness (QED) is 0.777. The maximum Gasteiger partial charge on any atom is 0.246 e. The number of hydrogen-bond acceptors (Lipinski definition) is 3. The molecule has 1 aliphatic heterocycles. The molecule has 1 aromatic carbocycles. The van der Waals surface area contributed by atoms with Crippen LogP contribution in [-0.2, 0) is 22.4 Å². The maximum absolute atomic E-state index is 12.7. The van der Waals surface area contributed by atoms with Gasteiger partial charge >= 0.3 is 0 Å². The second-order valence-electron chi connectivity index (χ2n) is 6.42. The summed E-state index contributed by atoms with van der Waals surface area (Å²) in [6.45, 7) is 5.20. The maximum atomic E-state index is 12.7. The molecule has 0 bridgehead atoms. The van der Waals surface area contributed by atoms with Gasteiger partial charge in [0.2, 0.25) is 11.8 Å². The normalized spacial score (nSPS) is 17.0. The summed E-state index contributed by atoms with van der Waals surface area (Å²) in [7, 11) is 0. The van der Waals surface area contributed by atoms with Crippen molar-refractivity contribution in [2.45, 2.75) is 18.9 Å². The Morgan fingerprint density at radius 3 is 2.58 bits per heavy atom. The van der Waals surface area contributed by atoms with Crippen molar-refractivity contribution in [2.75, 3.05) is 19.6 Å². The number of amides is 2. The summed E-state index contributed by atoms with van der Waals surface area (Å²) in [6.07, 6.45) is 4.05. The van der Waals surface area contributed by atoms with Crippen LogP contribution >= 0.6 is 0 Å². The van der Waals surface area contributed by atoms with E-state index in [0.29, 0.717) is 26.1 Å². The van der Waals surface area contributed by atoms with Crippen molar-refractivity contribution >= 4 is 11.8 Å². The molecule has 2 heterocycles. The molecule has 2 aromatic rings. The SMILES string of the molecule is C=CC(=O)N1CCN(C(=O)Cc2ccccn2)C[C@@H]1Cc1ccccc1. The minimum absolute atomic E-state index is 0.0486. The Labute approximate surface area is 154 Å². The fourth-order valence-electron chi connectivity index (χ4n) is 3.32. The van der Waals surface area contributed by atoms with Crippen LogP contribution in [0.25, 0.3) is 0 Å². The summed E-state index contributed by atoms with van der Waals surface area (Å²) in [4.78, 5) is 32.8. The van der Waals surface area contributed by atoms with Crippen molar-refractivity contribution in [2.24, 2.45) is 0 Å². The Hall–Kier alpha value is -2.95. The Kier molecular flexibility index (Phi) is 5.79. The molecule has 134 valence electrons. The van der Waals surface area contributed by atoms with E-state index in [1.807, 2.05) is 58.3 Å². The predicted molar refractivity (Wildman–Crippen MR) is 100 cm³/mol. The van der Waals surface area contributed by atoms with E-state index in [0.717, 1.165) is 11.3 Å². The first-order valence-electron chi connectivity index (χ1n) is 8.82. The molecule has 1 aromatic heterocycles. The first-order valence-corrected chi connectivity index (χ1v) is 8.82. The monoisotopic (exact) mass is 349 g/mol. The Bertz CT molecular complexity index is 761. The molecule has 0 radical (unpaired) electrons. The van der Waals surface area contributed by atoms with Gasteiger partial charge in [-0.05, 0) is 30.2 Å². The number of rotatable bonds is 5. The first kappa shape index (κ1) is 17.9. The van der Waals surface area contributed by atoms with Gasteiger partial charge in [-0.3, -0.25) is 14.6 Å². The van der Waals surface area contributed by atoms with Gasteiger partial charge in [-0.2, -0.15) is 0 Å². The van der Waals surface area contributed by atoms with Crippen molar-refractivity contribution < 1.29 is 9.59 Å². The van der Waals surface area contributed by atoms with Crippen LogP contribution in [0.5, 0.6) is 0 Å². The minimum atomic E-state index is -0.0808. The average Bonchev–Trinajstić information content (AvgIpc) is 2.69. The molecular weight excluding hydrogens is 326 g/mol. The highest BCUT2D eigenvalue weighted by molar-refractivity contribution is 5.87. The molecule has 5 nitrogen and oxygen atoms in total. The molecule has 5 heteroatoms. The fourth-order valence-corrected chi connectivity index (χ4v) is 3.32. The van der Waals surface area contributed by atoms with Gasteiger partial charge in [-0.25, -0.2) is 0 Å². The van der Waals surface area contributed by atoms with Gasteiger partial charge in [0.05, 0.1) is 12.5 Å². The lowest BCUT2D eigenvalue weighted by atomic mass is 10.0. The highest BCUT2D eigenvalue weighted by atomic mass is 16.2. The van der Waals surface area contributed by atoms with Gasteiger partial charge < -0.3 is 9.80 Å². The lowest BCUT2D eigenvalue weighted by Crippen LogP contribution is -2.57. The van der Waals surface area contributed by atoms with E-state index in [9.17, 15) is 9.59 Å². The number of benzene rings is 1. The number of aromatic nitrogens is 1. The third kappa shape index (κ3) is 4.36.